The zero-order chi connectivity index (χ0) is 30.2. The average molecular weight is 721 g/mol. The maximum atomic E-state index is 14.4. The van der Waals surface area contributed by atoms with Crippen molar-refractivity contribution in [2.75, 3.05) is 6.54 Å². The lowest BCUT2D eigenvalue weighted by Gasteiger charge is -2.47. The molecule has 6 nitrogen and oxygen atoms in total. The van der Waals surface area contributed by atoms with Crippen molar-refractivity contribution in [2.24, 2.45) is 0 Å². The largest absolute Gasteiger partial charge is 0.358 e. The summed E-state index contributed by atoms with van der Waals surface area (Å²) in [6.45, 7) is 3.89. The molecule has 42 heavy (non-hydrogen) atoms. The summed E-state index contributed by atoms with van der Waals surface area (Å²) >= 11 is 14.7. The number of nitrogens with zero attached hydrogens (tertiary/aromatic N) is 1. The lowest BCUT2D eigenvalue weighted by molar-refractivity contribution is -0.181. The van der Waals surface area contributed by atoms with Crippen LogP contribution in [0.25, 0.3) is 0 Å². The number of amides is 2. The molecule has 4 rings (SSSR count). The molecule has 0 unspecified atom stereocenters. The van der Waals surface area contributed by atoms with E-state index in [1.165, 1.54) is 6.92 Å². The summed E-state index contributed by atoms with van der Waals surface area (Å²) in [4.78, 5) is 41.4. The van der Waals surface area contributed by atoms with Gasteiger partial charge in [-0.2, -0.15) is 0 Å². The summed E-state index contributed by atoms with van der Waals surface area (Å²) in [7, 11) is 0. The predicted molar refractivity (Wildman–Crippen MR) is 175 cm³/mol. The molecule has 0 aliphatic carbocycles. The standard InChI is InChI=1S/C33H35Cl2IN2O4/c1-3-5-28(32(40)37-19-4-6-21(2)39)38-30(23-9-13-25(34)14-10-23)31(24-11-15-26(35)16-12-24)42-29(33(38)41)20-22-7-17-27(36)18-8-22/h7-18,28-31H,3-6,19-20H2,1-2H3,(H,37,40)/t28-,29+,30-,31+/m1/s1. The van der Waals surface area contributed by atoms with E-state index in [9.17, 15) is 14.4 Å². The van der Waals surface area contributed by atoms with E-state index in [4.69, 9.17) is 27.9 Å². The minimum absolute atomic E-state index is 0.0739. The van der Waals surface area contributed by atoms with Gasteiger partial charge >= 0.3 is 0 Å². The van der Waals surface area contributed by atoms with Gasteiger partial charge in [0.25, 0.3) is 5.91 Å². The fourth-order valence-electron chi connectivity index (χ4n) is 5.32. The molecular weight excluding hydrogens is 686 g/mol. The molecule has 4 atom stereocenters. The number of nitrogens with one attached hydrogen (secondary N) is 1. The molecule has 3 aromatic rings. The predicted octanol–water partition coefficient (Wildman–Crippen LogP) is 7.50. The Bertz CT molecular complexity index is 1370. The van der Waals surface area contributed by atoms with E-state index in [-0.39, 0.29) is 17.6 Å². The Labute approximate surface area is 271 Å². The van der Waals surface area contributed by atoms with Gasteiger partial charge < -0.3 is 19.7 Å². The maximum absolute atomic E-state index is 14.4. The Hall–Kier alpha value is -2.46. The van der Waals surface area contributed by atoms with Crippen molar-refractivity contribution in [3.8, 4) is 0 Å². The lowest BCUT2D eigenvalue weighted by atomic mass is 9.88. The van der Waals surface area contributed by atoms with Crippen molar-refractivity contribution in [1.29, 1.82) is 0 Å². The van der Waals surface area contributed by atoms with Crippen LogP contribution in [0.15, 0.2) is 72.8 Å². The minimum atomic E-state index is -0.806. The number of carbonyl (C=O) groups is 3. The highest BCUT2D eigenvalue weighted by Crippen LogP contribution is 2.44. The molecule has 0 spiro atoms. The second-order valence-corrected chi connectivity index (χ2v) is 12.7. The number of carbonyl (C=O) groups excluding carboxylic acids is 3. The number of halogens is 3. The molecule has 1 saturated heterocycles. The van der Waals surface area contributed by atoms with Crippen molar-refractivity contribution in [3.05, 3.63) is 103 Å². The summed E-state index contributed by atoms with van der Waals surface area (Å²) in [5, 5.41) is 4.15. The molecule has 1 N–H and O–H groups in total. The van der Waals surface area contributed by atoms with Gasteiger partial charge in [0.05, 0.1) is 6.04 Å². The monoisotopic (exact) mass is 720 g/mol. The van der Waals surface area contributed by atoms with Crippen molar-refractivity contribution in [1.82, 2.24) is 10.2 Å². The zero-order valence-electron chi connectivity index (χ0n) is 23.7. The Morgan fingerprint density at radius 3 is 2.12 bits per heavy atom. The summed E-state index contributed by atoms with van der Waals surface area (Å²) in [6, 6.07) is 21.4. The highest BCUT2D eigenvalue weighted by Gasteiger charge is 2.48. The molecule has 1 aliphatic heterocycles. The van der Waals surface area contributed by atoms with Crippen LogP contribution in [-0.4, -0.2) is 41.2 Å². The molecule has 0 radical (unpaired) electrons. The quantitative estimate of drug-likeness (QED) is 0.155. The van der Waals surface area contributed by atoms with Gasteiger partial charge in [-0.25, -0.2) is 0 Å². The van der Waals surface area contributed by atoms with Crippen molar-refractivity contribution < 1.29 is 19.1 Å². The number of morpholine rings is 1. The van der Waals surface area contributed by atoms with E-state index in [1.807, 2.05) is 55.5 Å². The van der Waals surface area contributed by atoms with Gasteiger partial charge in [0, 0.05) is 33.0 Å². The minimum Gasteiger partial charge on any atom is -0.358 e. The summed E-state index contributed by atoms with van der Waals surface area (Å²) in [6.07, 6.45) is 1.08. The molecule has 1 heterocycles. The third kappa shape index (κ3) is 8.34. The molecule has 0 bridgehead atoms. The second-order valence-electron chi connectivity index (χ2n) is 10.6. The van der Waals surface area contributed by atoms with Gasteiger partial charge in [-0.05, 0) is 95.4 Å². The van der Waals surface area contributed by atoms with Crippen LogP contribution in [-0.2, 0) is 25.5 Å². The SMILES string of the molecule is CCC[C@H](C(=O)NCCCC(C)=O)N1C(=O)[C@H](Cc2ccc(I)cc2)O[C@@H](c2ccc(Cl)cc2)[C@H]1c1ccc(Cl)cc1. The summed E-state index contributed by atoms with van der Waals surface area (Å²) in [5.74, 6) is -0.404. The molecule has 0 saturated carbocycles. The fourth-order valence-corrected chi connectivity index (χ4v) is 5.93. The van der Waals surface area contributed by atoms with Gasteiger partial charge in [-0.1, -0.05) is 72.9 Å². The summed E-state index contributed by atoms with van der Waals surface area (Å²) < 4.78 is 7.78. The second kappa shape index (κ2) is 15.3. The molecule has 1 aliphatic rings. The third-order valence-corrected chi connectivity index (χ3v) is 8.60. The van der Waals surface area contributed by atoms with Crippen molar-refractivity contribution in [2.45, 2.75) is 70.2 Å². The molecule has 222 valence electrons. The first-order chi connectivity index (χ1) is 20.2. The van der Waals surface area contributed by atoms with Crippen LogP contribution in [0.4, 0.5) is 0 Å². The Morgan fingerprint density at radius 1 is 0.952 bits per heavy atom. The Balaban J connectivity index is 1.79. The average Bonchev–Trinajstić information content (AvgIpc) is 2.97. The molecular formula is C33H35Cl2IN2O4. The van der Waals surface area contributed by atoms with Gasteiger partial charge in [0.1, 0.15) is 24.0 Å². The van der Waals surface area contributed by atoms with Gasteiger partial charge in [0.15, 0.2) is 0 Å². The van der Waals surface area contributed by atoms with Crippen LogP contribution >= 0.6 is 45.8 Å². The lowest BCUT2D eigenvalue weighted by Crippen LogP contribution is -2.59. The molecule has 3 aromatic carbocycles. The highest BCUT2D eigenvalue weighted by molar-refractivity contribution is 14.1. The molecule has 2 amide bonds. The van der Waals surface area contributed by atoms with Gasteiger partial charge in [0.2, 0.25) is 5.91 Å². The maximum Gasteiger partial charge on any atom is 0.253 e. The van der Waals surface area contributed by atoms with E-state index in [0.29, 0.717) is 48.7 Å². The van der Waals surface area contributed by atoms with Crippen LogP contribution in [0.2, 0.25) is 10.0 Å². The van der Waals surface area contributed by atoms with Crippen LogP contribution in [0.3, 0.4) is 0 Å². The van der Waals surface area contributed by atoms with E-state index in [0.717, 1.165) is 20.3 Å². The number of hydrogen-bond donors (Lipinski definition) is 1. The van der Waals surface area contributed by atoms with E-state index >= 15 is 0 Å². The topological polar surface area (TPSA) is 75.7 Å². The van der Waals surface area contributed by atoms with E-state index < -0.39 is 24.3 Å². The zero-order valence-corrected chi connectivity index (χ0v) is 27.4. The first kappa shape index (κ1) is 32.5. The molecule has 9 heteroatoms. The van der Waals surface area contributed by atoms with Crippen LogP contribution in [0, 0.1) is 3.57 Å². The third-order valence-electron chi connectivity index (χ3n) is 7.38. The molecule has 0 aromatic heterocycles. The van der Waals surface area contributed by atoms with E-state index in [2.05, 4.69) is 27.9 Å². The van der Waals surface area contributed by atoms with Gasteiger partial charge in [-0.15, -0.1) is 0 Å². The van der Waals surface area contributed by atoms with Crippen molar-refractivity contribution in [3.63, 3.8) is 0 Å². The number of benzene rings is 3. The first-order valence-corrected chi connectivity index (χ1v) is 16.0. The number of hydrogen-bond acceptors (Lipinski definition) is 4. The van der Waals surface area contributed by atoms with Crippen LogP contribution in [0.5, 0.6) is 0 Å². The number of Topliss-reactive ketones (excluding diaryl/α,β-unsaturated/α-hetero) is 1. The summed E-state index contributed by atoms with van der Waals surface area (Å²) in [5.41, 5.74) is 2.63. The highest BCUT2D eigenvalue weighted by atomic mass is 127. The number of ether oxygens (including phenoxy) is 1. The van der Waals surface area contributed by atoms with Gasteiger partial charge in [-0.3, -0.25) is 9.59 Å². The smallest absolute Gasteiger partial charge is 0.253 e. The number of ketones is 1. The normalized spacial score (nSPS) is 19.4. The number of rotatable bonds is 12. The molecule has 1 fully saturated rings. The van der Waals surface area contributed by atoms with Crippen LogP contribution in [0.1, 0.15) is 68.4 Å². The van der Waals surface area contributed by atoms with Crippen molar-refractivity contribution >= 4 is 63.4 Å². The Morgan fingerprint density at radius 2 is 1.55 bits per heavy atom. The Kier molecular flexibility index (Phi) is 11.8. The fraction of sp³-hybridized carbons (Fsp3) is 0.364. The van der Waals surface area contributed by atoms with E-state index in [1.54, 1.807) is 29.2 Å². The van der Waals surface area contributed by atoms with Crippen LogP contribution < -0.4 is 5.32 Å². The first-order valence-electron chi connectivity index (χ1n) is 14.2.